The van der Waals surface area contributed by atoms with Crippen molar-refractivity contribution in [3.05, 3.63) is 114 Å². The normalized spacial score (nSPS) is 22.6. The van der Waals surface area contributed by atoms with E-state index in [9.17, 15) is 9.90 Å². The van der Waals surface area contributed by atoms with Crippen LogP contribution in [0.4, 0.5) is 5.69 Å². The maximum Gasteiger partial charge on any atom is 0.307 e. The van der Waals surface area contributed by atoms with Crippen molar-refractivity contribution in [2.45, 2.75) is 11.8 Å². The van der Waals surface area contributed by atoms with Crippen molar-refractivity contribution in [1.82, 2.24) is 0 Å². The Morgan fingerprint density at radius 1 is 0.710 bits per heavy atom. The molecule has 1 aliphatic carbocycles. The molecule has 1 aliphatic rings. The zero-order valence-electron chi connectivity index (χ0n) is 17.2. The minimum Gasteiger partial charge on any atom is -0.481 e. The van der Waals surface area contributed by atoms with Gasteiger partial charge in [0.25, 0.3) is 0 Å². The van der Waals surface area contributed by atoms with Crippen molar-refractivity contribution in [3.63, 3.8) is 0 Å². The average molecular weight is 408 g/mol. The Bertz CT molecular complexity index is 1140. The maximum absolute atomic E-state index is 12.3. The SMILES string of the molecule is O=C(O)[C@H]1[C@H](c2ccccc2)[C@@H](CNc2cccc3ccccc23)[C@H]1c1ccccc1. The fourth-order valence-corrected chi connectivity index (χ4v) is 5.26. The van der Waals surface area contributed by atoms with E-state index in [0.717, 1.165) is 23.4 Å². The number of carbonyl (C=O) groups is 1. The van der Waals surface area contributed by atoms with Crippen LogP contribution >= 0.6 is 0 Å². The molecule has 1 fully saturated rings. The van der Waals surface area contributed by atoms with Crippen LogP contribution in [0.2, 0.25) is 0 Å². The van der Waals surface area contributed by atoms with Crippen LogP contribution in [0.25, 0.3) is 10.8 Å². The van der Waals surface area contributed by atoms with Gasteiger partial charge >= 0.3 is 5.97 Å². The molecular formula is C28H25NO2. The smallest absolute Gasteiger partial charge is 0.307 e. The Hall–Kier alpha value is -3.59. The molecule has 31 heavy (non-hydrogen) atoms. The van der Waals surface area contributed by atoms with Crippen molar-refractivity contribution < 1.29 is 9.90 Å². The highest BCUT2D eigenvalue weighted by molar-refractivity contribution is 5.93. The molecule has 0 bridgehead atoms. The summed E-state index contributed by atoms with van der Waals surface area (Å²) in [6, 6.07) is 34.8. The van der Waals surface area contributed by atoms with Crippen LogP contribution in [0.15, 0.2) is 103 Å². The lowest BCUT2D eigenvalue weighted by Crippen LogP contribution is -2.50. The van der Waals surface area contributed by atoms with Gasteiger partial charge in [-0.3, -0.25) is 4.79 Å². The summed E-state index contributed by atoms with van der Waals surface area (Å²) in [6.07, 6.45) is 0. The number of benzene rings is 4. The topological polar surface area (TPSA) is 49.3 Å². The van der Waals surface area contributed by atoms with Crippen LogP contribution in [-0.4, -0.2) is 17.6 Å². The summed E-state index contributed by atoms with van der Waals surface area (Å²) in [5.74, 6) is -1.00. The van der Waals surface area contributed by atoms with Gasteiger partial charge in [0, 0.05) is 29.5 Å². The van der Waals surface area contributed by atoms with E-state index in [1.165, 1.54) is 10.8 Å². The fourth-order valence-electron chi connectivity index (χ4n) is 5.26. The first kappa shape index (κ1) is 19.4. The van der Waals surface area contributed by atoms with Crippen LogP contribution in [0, 0.1) is 11.8 Å². The zero-order valence-corrected chi connectivity index (χ0v) is 17.2. The molecule has 3 nitrogen and oxygen atoms in total. The third-order valence-electron chi connectivity index (χ3n) is 6.67. The molecule has 0 heterocycles. The van der Waals surface area contributed by atoms with Gasteiger partial charge < -0.3 is 10.4 Å². The number of nitrogens with one attached hydrogen (secondary N) is 1. The fraction of sp³-hybridized carbons (Fsp3) is 0.179. The number of aliphatic carboxylic acids is 1. The minimum atomic E-state index is -0.718. The summed E-state index contributed by atoms with van der Waals surface area (Å²) in [4.78, 5) is 12.3. The largest absolute Gasteiger partial charge is 0.481 e. The molecular weight excluding hydrogens is 382 g/mol. The highest BCUT2D eigenvalue weighted by Crippen LogP contribution is 2.57. The van der Waals surface area contributed by atoms with Gasteiger partial charge in [-0.15, -0.1) is 0 Å². The quantitative estimate of drug-likeness (QED) is 0.403. The maximum atomic E-state index is 12.3. The van der Waals surface area contributed by atoms with Crippen LogP contribution in [0.3, 0.4) is 0 Å². The van der Waals surface area contributed by atoms with E-state index in [2.05, 4.69) is 66.0 Å². The van der Waals surface area contributed by atoms with E-state index in [1.54, 1.807) is 0 Å². The third kappa shape index (κ3) is 3.57. The Kier molecular flexibility index (Phi) is 5.17. The number of carboxylic acids is 1. The number of rotatable bonds is 6. The number of hydrogen-bond donors (Lipinski definition) is 2. The Morgan fingerprint density at radius 2 is 1.26 bits per heavy atom. The average Bonchev–Trinajstić information content (AvgIpc) is 2.80. The van der Waals surface area contributed by atoms with Gasteiger partial charge in [-0.25, -0.2) is 0 Å². The first-order valence-electron chi connectivity index (χ1n) is 10.8. The predicted molar refractivity (Wildman–Crippen MR) is 125 cm³/mol. The van der Waals surface area contributed by atoms with Crippen molar-refractivity contribution in [2.75, 3.05) is 11.9 Å². The number of hydrogen-bond acceptors (Lipinski definition) is 2. The number of anilines is 1. The standard InChI is InChI=1S/C28H25NO2/c30-28(31)27-25(20-11-3-1-4-12-20)23(26(27)21-13-5-2-6-14-21)18-29-24-17-9-15-19-10-7-8-16-22(19)24/h1-17,23,25-27,29H,18H2,(H,30,31)/t23-,25-,26-,27+/m1/s1. The molecule has 154 valence electrons. The number of fused-ring (bicyclic) bond motifs is 1. The summed E-state index contributed by atoms with van der Waals surface area (Å²) in [6.45, 7) is 0.719. The lowest BCUT2D eigenvalue weighted by molar-refractivity contribution is -0.149. The molecule has 4 aromatic rings. The second-order valence-electron chi connectivity index (χ2n) is 8.31. The van der Waals surface area contributed by atoms with Crippen molar-refractivity contribution >= 4 is 22.4 Å². The van der Waals surface area contributed by atoms with E-state index < -0.39 is 11.9 Å². The summed E-state index contributed by atoms with van der Waals surface area (Å²) in [7, 11) is 0. The summed E-state index contributed by atoms with van der Waals surface area (Å²) < 4.78 is 0. The second-order valence-corrected chi connectivity index (χ2v) is 8.31. The van der Waals surface area contributed by atoms with Crippen LogP contribution in [0.1, 0.15) is 23.0 Å². The molecule has 0 aromatic heterocycles. The first-order valence-corrected chi connectivity index (χ1v) is 10.8. The molecule has 0 aliphatic heterocycles. The van der Waals surface area contributed by atoms with Crippen LogP contribution < -0.4 is 5.32 Å². The summed E-state index contributed by atoms with van der Waals surface area (Å²) in [5, 5.41) is 16.2. The molecule has 5 rings (SSSR count). The third-order valence-corrected chi connectivity index (χ3v) is 6.67. The molecule has 4 aromatic carbocycles. The van der Waals surface area contributed by atoms with E-state index in [0.29, 0.717) is 0 Å². The molecule has 1 saturated carbocycles. The molecule has 2 N–H and O–H groups in total. The van der Waals surface area contributed by atoms with E-state index in [-0.39, 0.29) is 17.8 Å². The first-order chi connectivity index (χ1) is 15.2. The monoisotopic (exact) mass is 407 g/mol. The van der Waals surface area contributed by atoms with Crippen LogP contribution in [0.5, 0.6) is 0 Å². The van der Waals surface area contributed by atoms with Gasteiger partial charge in [0.15, 0.2) is 0 Å². The number of carboxylic acid groups (broad SMARTS) is 1. The van der Waals surface area contributed by atoms with E-state index in [4.69, 9.17) is 0 Å². The molecule has 0 radical (unpaired) electrons. The Balaban J connectivity index is 1.50. The van der Waals surface area contributed by atoms with E-state index in [1.807, 2.05) is 42.5 Å². The Morgan fingerprint density at radius 3 is 1.87 bits per heavy atom. The van der Waals surface area contributed by atoms with Gasteiger partial charge in [0.2, 0.25) is 0 Å². The zero-order chi connectivity index (χ0) is 21.2. The minimum absolute atomic E-state index is 0.0219. The van der Waals surface area contributed by atoms with Gasteiger partial charge in [-0.2, -0.15) is 0 Å². The molecule has 0 spiro atoms. The van der Waals surface area contributed by atoms with Gasteiger partial charge in [0.1, 0.15) is 0 Å². The van der Waals surface area contributed by atoms with Gasteiger partial charge in [-0.1, -0.05) is 97.1 Å². The second kappa shape index (κ2) is 8.27. The molecule has 0 amide bonds. The van der Waals surface area contributed by atoms with E-state index >= 15 is 0 Å². The molecule has 2 atom stereocenters. The summed E-state index contributed by atoms with van der Waals surface area (Å²) >= 11 is 0. The highest BCUT2D eigenvalue weighted by atomic mass is 16.4. The lowest BCUT2D eigenvalue weighted by Gasteiger charge is -2.51. The Labute approximate surface area is 182 Å². The van der Waals surface area contributed by atoms with Crippen molar-refractivity contribution in [1.29, 1.82) is 0 Å². The lowest BCUT2D eigenvalue weighted by atomic mass is 9.52. The molecule has 3 heteroatoms. The van der Waals surface area contributed by atoms with Crippen molar-refractivity contribution in [2.24, 2.45) is 11.8 Å². The van der Waals surface area contributed by atoms with Crippen LogP contribution in [-0.2, 0) is 4.79 Å². The molecule has 0 unspecified atom stereocenters. The molecule has 0 saturated heterocycles. The van der Waals surface area contributed by atoms with Crippen molar-refractivity contribution in [3.8, 4) is 0 Å². The van der Waals surface area contributed by atoms with Gasteiger partial charge in [0.05, 0.1) is 5.92 Å². The van der Waals surface area contributed by atoms with Gasteiger partial charge in [-0.05, 0) is 28.5 Å². The predicted octanol–water partition coefficient (Wildman–Crippen LogP) is 6.15. The summed E-state index contributed by atoms with van der Waals surface area (Å²) in [5.41, 5.74) is 3.30. The highest BCUT2D eigenvalue weighted by Gasteiger charge is 2.54.